The summed E-state index contributed by atoms with van der Waals surface area (Å²) in [4.78, 5) is 37.0. The number of aliphatic carboxylic acids is 1. The number of aliphatic hydroxyl groups excluding tert-OH is 2. The second-order valence-corrected chi connectivity index (χ2v) is 16.7. The number of rotatable bonds is 9. The van der Waals surface area contributed by atoms with Crippen LogP contribution in [0.25, 0.3) is 11.1 Å². The zero-order chi connectivity index (χ0) is 35.4. The first kappa shape index (κ1) is 35.0. The van der Waals surface area contributed by atoms with Crippen molar-refractivity contribution in [3.63, 3.8) is 0 Å². The fourth-order valence-corrected chi connectivity index (χ4v) is 11.9. The summed E-state index contributed by atoms with van der Waals surface area (Å²) in [7, 11) is 0. The van der Waals surface area contributed by atoms with Gasteiger partial charge in [0.1, 0.15) is 13.2 Å². The molecule has 270 valence electrons. The highest BCUT2D eigenvalue weighted by Crippen LogP contribution is 2.68. The molecule has 5 N–H and O–H groups in total. The SMILES string of the molecule is CC(CCC(=O)O)[C@H]1CCC2C3C(C[C@H](O)[C@@]21C)[C@@]1(C)CC[C@H](NC(=O)CNC(=O)OCC2c4ccccc4-c4ccccc42)C[C@H]1C[C@H]3O. The molecule has 0 saturated heterocycles. The molecule has 4 unspecified atom stereocenters. The van der Waals surface area contributed by atoms with E-state index in [1.54, 1.807) is 0 Å². The van der Waals surface area contributed by atoms with E-state index in [2.05, 4.69) is 55.7 Å². The summed E-state index contributed by atoms with van der Waals surface area (Å²) in [5, 5.41) is 38.6. The number of alkyl carbamates (subject to hydrolysis) is 1. The molecule has 9 heteroatoms. The summed E-state index contributed by atoms with van der Waals surface area (Å²) in [6.45, 7) is 6.71. The van der Waals surface area contributed by atoms with Crippen molar-refractivity contribution in [2.24, 2.45) is 46.3 Å². The predicted octanol–water partition coefficient (Wildman–Crippen LogP) is 6.11. The molecule has 0 bridgehead atoms. The first-order chi connectivity index (χ1) is 23.9. The number of amides is 2. The lowest BCUT2D eigenvalue weighted by atomic mass is 9.43. The van der Waals surface area contributed by atoms with Crippen LogP contribution < -0.4 is 10.6 Å². The molecule has 2 aromatic carbocycles. The van der Waals surface area contributed by atoms with Crippen LogP contribution in [0.1, 0.15) is 95.6 Å². The van der Waals surface area contributed by atoms with Crippen LogP contribution in [0.15, 0.2) is 48.5 Å². The van der Waals surface area contributed by atoms with E-state index in [-0.39, 0.29) is 83.8 Å². The van der Waals surface area contributed by atoms with Crippen LogP contribution in [0.2, 0.25) is 0 Å². The Hall–Kier alpha value is -3.43. The highest BCUT2D eigenvalue weighted by molar-refractivity contribution is 5.82. The maximum absolute atomic E-state index is 13.0. The number of hydrogen-bond acceptors (Lipinski definition) is 6. The van der Waals surface area contributed by atoms with E-state index in [0.717, 1.165) is 54.4 Å². The van der Waals surface area contributed by atoms with Gasteiger partial charge in [0.05, 0.1) is 12.2 Å². The van der Waals surface area contributed by atoms with Crippen LogP contribution in [0.4, 0.5) is 4.79 Å². The van der Waals surface area contributed by atoms with Crippen molar-refractivity contribution in [1.82, 2.24) is 10.6 Å². The smallest absolute Gasteiger partial charge is 0.407 e. The number of benzene rings is 2. The number of nitrogens with one attached hydrogen (secondary N) is 2. The third kappa shape index (κ3) is 6.02. The Kier molecular flexibility index (Phi) is 9.52. The monoisotopic (exact) mass is 686 g/mol. The first-order valence-electron chi connectivity index (χ1n) is 18.9. The minimum atomic E-state index is -0.777. The number of fused-ring (bicyclic) bond motifs is 8. The van der Waals surface area contributed by atoms with Gasteiger partial charge in [-0.3, -0.25) is 9.59 Å². The predicted molar refractivity (Wildman–Crippen MR) is 189 cm³/mol. The zero-order valence-electron chi connectivity index (χ0n) is 29.6. The molecule has 0 radical (unpaired) electrons. The Morgan fingerprint density at radius 1 is 0.920 bits per heavy atom. The van der Waals surface area contributed by atoms with Crippen LogP contribution in [0.3, 0.4) is 0 Å². The molecule has 50 heavy (non-hydrogen) atoms. The summed E-state index contributed by atoms with van der Waals surface area (Å²) in [6, 6.07) is 16.3. The summed E-state index contributed by atoms with van der Waals surface area (Å²) in [5.74, 6) is 0.116. The minimum Gasteiger partial charge on any atom is -0.481 e. The number of carboxylic acid groups (broad SMARTS) is 1. The van der Waals surface area contributed by atoms with E-state index in [4.69, 9.17) is 4.74 Å². The summed E-state index contributed by atoms with van der Waals surface area (Å²) in [6.07, 6.45) is 4.94. The normalized spacial score (nSPS) is 36.2. The average Bonchev–Trinajstić information content (AvgIpc) is 3.62. The Bertz CT molecular complexity index is 1570. The van der Waals surface area contributed by atoms with Gasteiger partial charge in [-0.2, -0.15) is 0 Å². The fraction of sp³-hybridized carbons (Fsp3) is 0.634. The molecular formula is C41H54N2O7. The Morgan fingerprint density at radius 2 is 1.60 bits per heavy atom. The van der Waals surface area contributed by atoms with Crippen LogP contribution >= 0.6 is 0 Å². The second-order valence-electron chi connectivity index (χ2n) is 16.7. The third-order valence-electron chi connectivity index (χ3n) is 14.5. The minimum absolute atomic E-state index is 0.0417. The van der Waals surface area contributed by atoms with Gasteiger partial charge in [-0.1, -0.05) is 69.3 Å². The second kappa shape index (κ2) is 13.6. The largest absolute Gasteiger partial charge is 0.481 e. The average molecular weight is 687 g/mol. The molecule has 0 aromatic heterocycles. The van der Waals surface area contributed by atoms with Gasteiger partial charge in [-0.15, -0.1) is 0 Å². The number of carbonyl (C=O) groups excluding carboxylic acids is 2. The van der Waals surface area contributed by atoms with E-state index in [1.807, 2.05) is 24.3 Å². The van der Waals surface area contributed by atoms with Crippen molar-refractivity contribution < 1.29 is 34.4 Å². The molecule has 9 nitrogen and oxygen atoms in total. The van der Waals surface area contributed by atoms with Gasteiger partial charge in [0.15, 0.2) is 0 Å². The third-order valence-corrected chi connectivity index (χ3v) is 14.5. The van der Waals surface area contributed by atoms with Crippen molar-refractivity contribution in [2.75, 3.05) is 13.2 Å². The van der Waals surface area contributed by atoms with Crippen LogP contribution in [-0.4, -0.2) is 64.7 Å². The highest BCUT2D eigenvalue weighted by Gasteiger charge is 2.65. The number of ether oxygens (including phenoxy) is 1. The molecule has 5 aliphatic carbocycles. The number of carboxylic acids is 1. The Morgan fingerprint density at radius 3 is 2.28 bits per heavy atom. The highest BCUT2D eigenvalue weighted by atomic mass is 16.5. The molecule has 0 spiro atoms. The molecule has 11 atom stereocenters. The van der Waals surface area contributed by atoms with E-state index in [0.29, 0.717) is 19.3 Å². The fourth-order valence-electron chi connectivity index (χ4n) is 11.9. The summed E-state index contributed by atoms with van der Waals surface area (Å²) in [5.41, 5.74) is 4.22. The molecule has 2 amide bonds. The van der Waals surface area contributed by atoms with E-state index in [1.165, 1.54) is 0 Å². The Balaban J connectivity index is 0.921. The maximum Gasteiger partial charge on any atom is 0.407 e. The van der Waals surface area contributed by atoms with Crippen LogP contribution in [-0.2, 0) is 14.3 Å². The number of aliphatic hydroxyl groups is 2. The first-order valence-corrected chi connectivity index (χ1v) is 18.9. The molecule has 5 aliphatic rings. The van der Waals surface area contributed by atoms with E-state index < -0.39 is 24.3 Å². The zero-order valence-corrected chi connectivity index (χ0v) is 29.6. The van der Waals surface area contributed by atoms with Crippen molar-refractivity contribution in [1.29, 1.82) is 0 Å². The lowest BCUT2D eigenvalue weighted by molar-refractivity contribution is -0.202. The lowest BCUT2D eigenvalue weighted by Crippen LogP contribution is -2.63. The number of carbonyl (C=O) groups is 3. The van der Waals surface area contributed by atoms with Gasteiger partial charge in [0.2, 0.25) is 5.91 Å². The van der Waals surface area contributed by atoms with Crippen LogP contribution in [0.5, 0.6) is 0 Å². The molecule has 4 fully saturated rings. The van der Waals surface area contributed by atoms with Crippen molar-refractivity contribution in [3.8, 4) is 11.1 Å². The Labute approximate surface area is 295 Å². The maximum atomic E-state index is 13.0. The summed E-state index contributed by atoms with van der Waals surface area (Å²) < 4.78 is 5.61. The lowest BCUT2D eigenvalue weighted by Gasteiger charge is -2.63. The summed E-state index contributed by atoms with van der Waals surface area (Å²) >= 11 is 0. The van der Waals surface area contributed by atoms with Crippen molar-refractivity contribution >= 4 is 18.0 Å². The molecule has 7 rings (SSSR count). The van der Waals surface area contributed by atoms with Crippen molar-refractivity contribution in [3.05, 3.63) is 59.7 Å². The molecule has 4 saturated carbocycles. The molecule has 0 heterocycles. The molecule has 2 aromatic rings. The molecular weight excluding hydrogens is 632 g/mol. The van der Waals surface area contributed by atoms with Gasteiger partial charge >= 0.3 is 12.1 Å². The molecule has 0 aliphatic heterocycles. The quantitative estimate of drug-likeness (QED) is 0.214. The van der Waals surface area contributed by atoms with E-state index >= 15 is 0 Å². The van der Waals surface area contributed by atoms with Gasteiger partial charge in [-0.05, 0) is 120 Å². The van der Waals surface area contributed by atoms with Gasteiger partial charge in [-0.25, -0.2) is 4.79 Å². The van der Waals surface area contributed by atoms with Gasteiger partial charge in [0, 0.05) is 18.4 Å². The van der Waals surface area contributed by atoms with Crippen molar-refractivity contribution in [2.45, 2.75) is 103 Å². The van der Waals surface area contributed by atoms with E-state index in [9.17, 15) is 29.7 Å². The topological polar surface area (TPSA) is 145 Å². The van der Waals surface area contributed by atoms with Gasteiger partial charge in [0.25, 0.3) is 0 Å². The van der Waals surface area contributed by atoms with Gasteiger partial charge < -0.3 is 30.7 Å². The standard InChI is InChI=1S/C41H54N2O7/c1-23(12-15-37(47)48)31-13-14-32-38-33(20-35(45)41(31,32)3)40(2)17-16-25(18-24(40)19-34(38)44)43-36(46)21-42-39(49)50-22-30-28-10-6-4-8-26(28)27-9-5-7-11-29(27)30/h4-11,23-25,30-35,38,44-45H,12-22H2,1-3H3,(H,42,49)(H,43,46)(H,47,48)/t23?,24-,25-,31+,32?,33?,34+,35-,38?,40-,41+/m0/s1. The number of hydrogen-bond donors (Lipinski definition) is 5. The van der Waals surface area contributed by atoms with Crippen LogP contribution in [0, 0.1) is 46.3 Å².